The van der Waals surface area contributed by atoms with E-state index in [4.69, 9.17) is 9.15 Å². The SMILES string of the molecule is COc1ccc(NC(C)=O)c(NC(=O)CCNC(=O)/C=C/c2ccco2)c1. The minimum atomic E-state index is -0.334. The van der Waals surface area contributed by atoms with Gasteiger partial charge >= 0.3 is 0 Å². The second kappa shape index (κ2) is 9.81. The van der Waals surface area contributed by atoms with Gasteiger partial charge in [0.15, 0.2) is 0 Å². The van der Waals surface area contributed by atoms with Crippen LogP contribution in [-0.2, 0) is 14.4 Å². The van der Waals surface area contributed by atoms with E-state index in [1.807, 2.05) is 0 Å². The first kappa shape index (κ1) is 19.8. The molecule has 142 valence electrons. The van der Waals surface area contributed by atoms with Crippen molar-refractivity contribution in [3.63, 3.8) is 0 Å². The van der Waals surface area contributed by atoms with Crippen molar-refractivity contribution in [2.75, 3.05) is 24.3 Å². The molecule has 2 aromatic rings. The van der Waals surface area contributed by atoms with Crippen LogP contribution < -0.4 is 20.7 Å². The third-order valence-corrected chi connectivity index (χ3v) is 3.40. The Bertz CT molecular complexity index is 828. The van der Waals surface area contributed by atoms with Crippen LogP contribution in [-0.4, -0.2) is 31.4 Å². The lowest BCUT2D eigenvalue weighted by Gasteiger charge is -2.13. The van der Waals surface area contributed by atoms with E-state index >= 15 is 0 Å². The van der Waals surface area contributed by atoms with Crippen molar-refractivity contribution in [1.82, 2.24) is 5.32 Å². The molecule has 0 unspecified atom stereocenters. The molecule has 0 saturated carbocycles. The molecule has 3 amide bonds. The normalized spacial score (nSPS) is 10.4. The zero-order chi connectivity index (χ0) is 19.6. The van der Waals surface area contributed by atoms with Gasteiger partial charge in [-0.2, -0.15) is 0 Å². The lowest BCUT2D eigenvalue weighted by molar-refractivity contribution is -0.117. The van der Waals surface area contributed by atoms with E-state index in [1.165, 1.54) is 32.4 Å². The molecule has 0 atom stereocenters. The molecule has 1 aromatic heterocycles. The summed E-state index contributed by atoms with van der Waals surface area (Å²) in [7, 11) is 1.50. The first-order chi connectivity index (χ1) is 13.0. The first-order valence-corrected chi connectivity index (χ1v) is 8.23. The van der Waals surface area contributed by atoms with Gasteiger partial charge in [0.25, 0.3) is 0 Å². The van der Waals surface area contributed by atoms with E-state index in [2.05, 4.69) is 16.0 Å². The first-order valence-electron chi connectivity index (χ1n) is 8.23. The number of hydrogen-bond donors (Lipinski definition) is 3. The lowest BCUT2D eigenvalue weighted by atomic mass is 10.2. The van der Waals surface area contributed by atoms with Crippen LogP contribution in [0.1, 0.15) is 19.1 Å². The van der Waals surface area contributed by atoms with E-state index in [-0.39, 0.29) is 30.7 Å². The molecule has 8 nitrogen and oxygen atoms in total. The molecule has 0 fully saturated rings. The summed E-state index contributed by atoms with van der Waals surface area (Å²) in [6.07, 6.45) is 4.44. The van der Waals surface area contributed by atoms with E-state index in [0.717, 1.165) is 0 Å². The highest BCUT2D eigenvalue weighted by Gasteiger charge is 2.10. The number of furan rings is 1. The fourth-order valence-electron chi connectivity index (χ4n) is 2.17. The molecule has 0 spiro atoms. The van der Waals surface area contributed by atoms with Crippen molar-refractivity contribution in [3.8, 4) is 5.75 Å². The predicted octanol–water partition coefficient (Wildman–Crippen LogP) is 2.40. The minimum Gasteiger partial charge on any atom is -0.497 e. The van der Waals surface area contributed by atoms with Crippen LogP contribution in [0.4, 0.5) is 11.4 Å². The van der Waals surface area contributed by atoms with Gasteiger partial charge in [-0.05, 0) is 30.3 Å². The number of nitrogens with one attached hydrogen (secondary N) is 3. The molecule has 0 radical (unpaired) electrons. The highest BCUT2D eigenvalue weighted by Crippen LogP contribution is 2.27. The van der Waals surface area contributed by atoms with Gasteiger partial charge in [-0.15, -0.1) is 0 Å². The standard InChI is InChI=1S/C19H21N3O5/c1-13(23)21-16-7-5-15(26-2)12-17(16)22-19(25)9-10-20-18(24)8-6-14-4-3-11-27-14/h3-8,11-12H,9-10H2,1-2H3,(H,20,24)(H,21,23)(H,22,25)/b8-6+. The average molecular weight is 371 g/mol. The lowest BCUT2D eigenvalue weighted by Crippen LogP contribution is -2.26. The second-order valence-electron chi connectivity index (χ2n) is 5.53. The number of anilines is 2. The van der Waals surface area contributed by atoms with Gasteiger partial charge < -0.3 is 25.1 Å². The highest BCUT2D eigenvalue weighted by molar-refractivity contribution is 5.99. The Hall–Kier alpha value is -3.55. The number of hydrogen-bond acceptors (Lipinski definition) is 5. The molecular weight excluding hydrogens is 350 g/mol. The zero-order valence-corrected chi connectivity index (χ0v) is 15.1. The Kier molecular flexibility index (Phi) is 7.18. The topological polar surface area (TPSA) is 110 Å². The fraction of sp³-hybridized carbons (Fsp3) is 0.211. The van der Waals surface area contributed by atoms with Gasteiger partial charge in [-0.25, -0.2) is 0 Å². The zero-order valence-electron chi connectivity index (χ0n) is 15.1. The number of methoxy groups -OCH3 is 1. The average Bonchev–Trinajstić information content (AvgIpc) is 3.14. The van der Waals surface area contributed by atoms with Crippen LogP contribution >= 0.6 is 0 Å². The van der Waals surface area contributed by atoms with E-state index < -0.39 is 0 Å². The summed E-state index contributed by atoms with van der Waals surface area (Å²) in [5.41, 5.74) is 0.876. The van der Waals surface area contributed by atoms with Crippen molar-refractivity contribution in [3.05, 3.63) is 48.4 Å². The maximum Gasteiger partial charge on any atom is 0.244 e. The van der Waals surface area contributed by atoms with Crippen LogP contribution in [0.2, 0.25) is 0 Å². The third kappa shape index (κ3) is 6.69. The van der Waals surface area contributed by atoms with Gasteiger partial charge in [0, 0.05) is 32.0 Å². The fourth-order valence-corrected chi connectivity index (χ4v) is 2.17. The number of carbonyl (C=O) groups excluding carboxylic acids is 3. The molecule has 0 aliphatic carbocycles. The molecule has 2 rings (SSSR count). The van der Waals surface area contributed by atoms with E-state index in [0.29, 0.717) is 22.9 Å². The summed E-state index contributed by atoms with van der Waals surface area (Å²) in [6, 6.07) is 8.35. The Morgan fingerprint density at radius 3 is 2.63 bits per heavy atom. The van der Waals surface area contributed by atoms with Crippen LogP contribution in [0.25, 0.3) is 6.08 Å². The molecule has 1 heterocycles. The van der Waals surface area contributed by atoms with Crippen LogP contribution in [0, 0.1) is 0 Å². The number of amides is 3. The van der Waals surface area contributed by atoms with Gasteiger partial charge in [-0.3, -0.25) is 14.4 Å². The van der Waals surface area contributed by atoms with Crippen LogP contribution in [0.15, 0.2) is 47.1 Å². The summed E-state index contributed by atoms with van der Waals surface area (Å²) < 4.78 is 10.2. The van der Waals surface area contributed by atoms with Crippen molar-refractivity contribution < 1.29 is 23.5 Å². The predicted molar refractivity (Wildman–Crippen MR) is 101 cm³/mol. The molecule has 3 N–H and O–H groups in total. The minimum absolute atomic E-state index is 0.0665. The monoisotopic (exact) mass is 371 g/mol. The summed E-state index contributed by atoms with van der Waals surface area (Å²) in [5.74, 6) is 0.193. The van der Waals surface area contributed by atoms with Crippen LogP contribution in [0.3, 0.4) is 0 Å². The molecule has 0 aliphatic heterocycles. The van der Waals surface area contributed by atoms with Crippen molar-refractivity contribution in [2.45, 2.75) is 13.3 Å². The quantitative estimate of drug-likeness (QED) is 0.617. The molecule has 0 bridgehead atoms. The van der Waals surface area contributed by atoms with Gasteiger partial charge in [0.1, 0.15) is 11.5 Å². The third-order valence-electron chi connectivity index (χ3n) is 3.40. The number of benzene rings is 1. The van der Waals surface area contributed by atoms with Crippen molar-refractivity contribution in [1.29, 1.82) is 0 Å². The summed E-state index contributed by atoms with van der Waals surface area (Å²) in [6.45, 7) is 1.54. The molecular formula is C19H21N3O5. The molecule has 27 heavy (non-hydrogen) atoms. The Labute approximate surface area is 156 Å². The highest BCUT2D eigenvalue weighted by atomic mass is 16.5. The van der Waals surface area contributed by atoms with E-state index in [9.17, 15) is 14.4 Å². The molecule has 0 saturated heterocycles. The smallest absolute Gasteiger partial charge is 0.244 e. The number of carbonyl (C=O) groups is 3. The van der Waals surface area contributed by atoms with E-state index in [1.54, 1.807) is 30.3 Å². The summed E-state index contributed by atoms with van der Waals surface area (Å²) in [4.78, 5) is 35.1. The molecule has 0 aliphatic rings. The number of ether oxygens (including phenoxy) is 1. The Morgan fingerprint density at radius 2 is 1.96 bits per heavy atom. The molecule has 1 aromatic carbocycles. The van der Waals surface area contributed by atoms with Gasteiger partial charge in [-0.1, -0.05) is 0 Å². The molecule has 8 heteroatoms. The van der Waals surface area contributed by atoms with Gasteiger partial charge in [0.05, 0.1) is 24.7 Å². The second-order valence-corrected chi connectivity index (χ2v) is 5.53. The van der Waals surface area contributed by atoms with Crippen molar-refractivity contribution >= 4 is 35.2 Å². The maximum absolute atomic E-state index is 12.1. The Morgan fingerprint density at radius 1 is 1.15 bits per heavy atom. The largest absolute Gasteiger partial charge is 0.497 e. The summed E-state index contributed by atoms with van der Waals surface area (Å²) in [5, 5.41) is 7.95. The summed E-state index contributed by atoms with van der Waals surface area (Å²) >= 11 is 0. The van der Waals surface area contributed by atoms with Crippen LogP contribution in [0.5, 0.6) is 5.75 Å². The Balaban J connectivity index is 1.86. The van der Waals surface area contributed by atoms with Crippen molar-refractivity contribution in [2.24, 2.45) is 0 Å². The number of rotatable bonds is 8. The van der Waals surface area contributed by atoms with Gasteiger partial charge in [0.2, 0.25) is 17.7 Å². The maximum atomic E-state index is 12.1.